The molecule has 60 valence electrons. The van der Waals surface area contributed by atoms with Crippen molar-refractivity contribution in [2.45, 2.75) is 26.3 Å². The van der Waals surface area contributed by atoms with E-state index in [9.17, 15) is 4.79 Å². The fourth-order valence-corrected chi connectivity index (χ4v) is 0.462. The summed E-state index contributed by atoms with van der Waals surface area (Å²) < 4.78 is 0. The van der Waals surface area contributed by atoms with Crippen LogP contribution in [0.4, 0.5) is 0 Å². The van der Waals surface area contributed by atoms with Crippen LogP contribution in [0.1, 0.15) is 20.3 Å². The first-order valence-corrected chi connectivity index (χ1v) is 3.43. The third kappa shape index (κ3) is 4.29. The van der Waals surface area contributed by atoms with Crippen molar-refractivity contribution >= 4 is 5.91 Å². The minimum Gasteiger partial charge on any atom is -0.306 e. The van der Waals surface area contributed by atoms with Gasteiger partial charge in [-0.25, -0.2) is 5.84 Å². The summed E-state index contributed by atoms with van der Waals surface area (Å²) in [5.74, 6) is 4.68. The highest BCUT2D eigenvalue weighted by Crippen LogP contribution is 1.85. The lowest BCUT2D eigenvalue weighted by molar-refractivity contribution is -0.120. The smallest absolute Gasteiger partial charge is 0.247 e. The zero-order chi connectivity index (χ0) is 7.98. The fraction of sp³-hybridized carbons (Fsp3) is 0.833. The van der Waals surface area contributed by atoms with Gasteiger partial charge in [-0.05, 0) is 13.3 Å². The Bertz CT molecular complexity index is 105. The van der Waals surface area contributed by atoms with Crippen molar-refractivity contribution in [1.29, 1.82) is 0 Å². The van der Waals surface area contributed by atoms with Crippen LogP contribution in [0, 0.1) is 0 Å². The molecule has 4 nitrogen and oxygen atoms in total. The number of hydrogen-bond acceptors (Lipinski definition) is 3. The van der Waals surface area contributed by atoms with Crippen LogP contribution in [0.5, 0.6) is 0 Å². The molecule has 10 heavy (non-hydrogen) atoms. The summed E-state index contributed by atoms with van der Waals surface area (Å²) in [6.45, 7) is 4.37. The van der Waals surface area contributed by atoms with Crippen molar-refractivity contribution in [3.63, 3.8) is 0 Å². The molecule has 1 amide bonds. The van der Waals surface area contributed by atoms with Crippen molar-refractivity contribution in [3.05, 3.63) is 0 Å². The van der Waals surface area contributed by atoms with Gasteiger partial charge >= 0.3 is 0 Å². The van der Waals surface area contributed by atoms with Gasteiger partial charge in [0.25, 0.3) is 0 Å². The quantitative estimate of drug-likeness (QED) is 0.280. The van der Waals surface area contributed by atoms with E-state index in [1.165, 1.54) is 0 Å². The second-order valence-electron chi connectivity index (χ2n) is 2.26. The Morgan fingerprint density at radius 2 is 2.30 bits per heavy atom. The number of nitrogens with two attached hydrogens (primary N) is 1. The van der Waals surface area contributed by atoms with Crippen LogP contribution in [0.2, 0.25) is 0 Å². The summed E-state index contributed by atoms with van der Waals surface area (Å²) in [5.41, 5.74) is 2.04. The maximum absolute atomic E-state index is 10.5. The third-order valence-corrected chi connectivity index (χ3v) is 1.38. The van der Waals surface area contributed by atoms with Crippen LogP contribution in [-0.4, -0.2) is 18.5 Å². The van der Waals surface area contributed by atoms with Crippen molar-refractivity contribution in [1.82, 2.24) is 10.7 Å². The van der Waals surface area contributed by atoms with Crippen molar-refractivity contribution in [3.8, 4) is 0 Å². The van der Waals surface area contributed by atoms with Crippen molar-refractivity contribution < 1.29 is 4.79 Å². The van der Waals surface area contributed by atoms with E-state index in [0.29, 0.717) is 12.6 Å². The lowest BCUT2D eigenvalue weighted by Gasteiger charge is -2.08. The van der Waals surface area contributed by atoms with E-state index in [4.69, 9.17) is 5.84 Å². The molecule has 4 N–H and O–H groups in total. The highest BCUT2D eigenvalue weighted by atomic mass is 16.2. The zero-order valence-electron chi connectivity index (χ0n) is 6.48. The standard InChI is InChI=1S/C6H15N3O/c1-3-5(2)8-4-6(10)9-7/h5,8H,3-4,7H2,1-2H3,(H,9,10). The lowest BCUT2D eigenvalue weighted by atomic mass is 10.2. The molecule has 4 heteroatoms. The largest absolute Gasteiger partial charge is 0.306 e. The molecule has 0 bridgehead atoms. The Labute approximate surface area is 61.1 Å². The normalized spacial score (nSPS) is 12.7. The number of amides is 1. The van der Waals surface area contributed by atoms with Gasteiger partial charge in [-0.3, -0.25) is 10.2 Å². The fourth-order valence-electron chi connectivity index (χ4n) is 0.462. The van der Waals surface area contributed by atoms with Gasteiger partial charge in [0.15, 0.2) is 0 Å². The summed E-state index contributed by atoms with van der Waals surface area (Å²) in [4.78, 5) is 10.5. The molecule has 0 heterocycles. The van der Waals surface area contributed by atoms with Crippen LogP contribution in [0.25, 0.3) is 0 Å². The predicted molar refractivity (Wildman–Crippen MR) is 40.1 cm³/mol. The SMILES string of the molecule is CCC(C)NCC(=O)NN. The van der Waals surface area contributed by atoms with Gasteiger partial charge < -0.3 is 5.32 Å². The summed E-state index contributed by atoms with van der Waals surface area (Å²) in [6.07, 6.45) is 1.01. The molecule has 0 aromatic heterocycles. The molecule has 0 aromatic rings. The molecule has 0 aliphatic heterocycles. The molecule has 0 aliphatic carbocycles. The van der Waals surface area contributed by atoms with Gasteiger partial charge in [0.2, 0.25) is 5.91 Å². The first-order valence-electron chi connectivity index (χ1n) is 3.43. The number of carbonyl (C=O) groups is 1. The third-order valence-electron chi connectivity index (χ3n) is 1.38. The van der Waals surface area contributed by atoms with Crippen LogP contribution in [0.3, 0.4) is 0 Å². The van der Waals surface area contributed by atoms with Crippen LogP contribution < -0.4 is 16.6 Å². The van der Waals surface area contributed by atoms with E-state index >= 15 is 0 Å². The summed E-state index contributed by atoms with van der Waals surface area (Å²) >= 11 is 0. The van der Waals surface area contributed by atoms with Crippen molar-refractivity contribution in [2.75, 3.05) is 6.54 Å². The number of hydrogen-bond donors (Lipinski definition) is 3. The van der Waals surface area contributed by atoms with Gasteiger partial charge in [-0.15, -0.1) is 0 Å². The zero-order valence-corrected chi connectivity index (χ0v) is 6.48. The van der Waals surface area contributed by atoms with Crippen LogP contribution >= 0.6 is 0 Å². The van der Waals surface area contributed by atoms with Gasteiger partial charge in [0, 0.05) is 6.04 Å². The van der Waals surface area contributed by atoms with Gasteiger partial charge in [-0.1, -0.05) is 6.92 Å². The van der Waals surface area contributed by atoms with Gasteiger partial charge in [-0.2, -0.15) is 0 Å². The molecule has 0 fully saturated rings. The Kier molecular flexibility index (Phi) is 4.88. The maximum atomic E-state index is 10.5. The number of hydrazine groups is 1. The topological polar surface area (TPSA) is 67.2 Å². The minimum absolute atomic E-state index is 0.180. The molecular formula is C6H15N3O. The molecule has 0 saturated heterocycles. The molecule has 1 atom stereocenters. The molecule has 0 saturated carbocycles. The Morgan fingerprint density at radius 1 is 1.70 bits per heavy atom. The first kappa shape index (κ1) is 9.39. The molecule has 0 aliphatic rings. The molecule has 0 radical (unpaired) electrons. The average molecular weight is 145 g/mol. The maximum Gasteiger partial charge on any atom is 0.247 e. The lowest BCUT2D eigenvalue weighted by Crippen LogP contribution is -2.40. The van der Waals surface area contributed by atoms with Gasteiger partial charge in [0.1, 0.15) is 0 Å². The van der Waals surface area contributed by atoms with Crippen LogP contribution in [0.15, 0.2) is 0 Å². The molecule has 0 rings (SSSR count). The second kappa shape index (κ2) is 5.20. The molecule has 1 unspecified atom stereocenters. The number of nitrogens with one attached hydrogen (secondary N) is 2. The Balaban J connectivity index is 3.26. The van der Waals surface area contributed by atoms with Gasteiger partial charge in [0.05, 0.1) is 6.54 Å². The Morgan fingerprint density at radius 3 is 2.70 bits per heavy atom. The summed E-state index contributed by atoms with van der Waals surface area (Å²) in [6, 6.07) is 0.372. The van der Waals surface area contributed by atoms with E-state index in [1.807, 2.05) is 12.3 Å². The average Bonchev–Trinajstić information content (AvgIpc) is 1.99. The Hall–Kier alpha value is -0.610. The number of carbonyl (C=O) groups excluding carboxylic acids is 1. The summed E-state index contributed by atoms with van der Waals surface area (Å²) in [5, 5.41) is 2.99. The second-order valence-corrected chi connectivity index (χ2v) is 2.26. The van der Waals surface area contributed by atoms with Crippen LogP contribution in [-0.2, 0) is 4.79 Å². The van der Waals surface area contributed by atoms with E-state index in [0.717, 1.165) is 6.42 Å². The summed E-state index contributed by atoms with van der Waals surface area (Å²) in [7, 11) is 0. The molecule has 0 spiro atoms. The highest BCUT2D eigenvalue weighted by molar-refractivity contribution is 5.77. The monoisotopic (exact) mass is 145 g/mol. The number of rotatable bonds is 4. The predicted octanol–water partition coefficient (Wildman–Crippen LogP) is -0.636. The molecule has 0 aromatic carbocycles. The van der Waals surface area contributed by atoms with E-state index in [2.05, 4.69) is 12.2 Å². The highest BCUT2D eigenvalue weighted by Gasteiger charge is 2.00. The van der Waals surface area contributed by atoms with Crippen molar-refractivity contribution in [2.24, 2.45) is 5.84 Å². The first-order chi connectivity index (χ1) is 4.70. The minimum atomic E-state index is -0.180. The van der Waals surface area contributed by atoms with E-state index in [-0.39, 0.29) is 5.91 Å². The van der Waals surface area contributed by atoms with E-state index < -0.39 is 0 Å². The van der Waals surface area contributed by atoms with E-state index in [1.54, 1.807) is 0 Å². The molecular weight excluding hydrogens is 130 g/mol.